The Labute approximate surface area is 335 Å². The fourth-order valence-corrected chi connectivity index (χ4v) is 6.82. The van der Waals surface area contributed by atoms with E-state index in [9.17, 15) is 39.3 Å². The minimum Gasteiger partial charge on any atom is -0.462 e. The third-order valence-corrected chi connectivity index (χ3v) is 9.65. The number of fused-ring (bicyclic) bond motifs is 1. The quantitative estimate of drug-likeness (QED) is 0.0501. The maximum atomic E-state index is 13.4. The highest BCUT2D eigenvalue weighted by molar-refractivity contribution is 5.95. The van der Waals surface area contributed by atoms with Gasteiger partial charge in [0.05, 0.1) is 31.2 Å². The molecule has 59 heavy (non-hydrogen) atoms. The molecule has 4 saturated heterocycles. The second kappa shape index (κ2) is 19.1. The second-order valence-corrected chi connectivity index (χ2v) is 13.9. The highest BCUT2D eigenvalue weighted by Crippen LogP contribution is 2.30. The summed E-state index contributed by atoms with van der Waals surface area (Å²) in [5.74, 6) is -0.551. The van der Waals surface area contributed by atoms with Gasteiger partial charge in [0.15, 0.2) is 18.4 Å². The van der Waals surface area contributed by atoms with Crippen LogP contribution in [0.15, 0.2) is 35.3 Å². The van der Waals surface area contributed by atoms with Crippen LogP contribution in [0.1, 0.15) is 18.9 Å². The van der Waals surface area contributed by atoms with Crippen molar-refractivity contribution in [2.24, 2.45) is 33.7 Å². The molecule has 4 aliphatic rings. The van der Waals surface area contributed by atoms with Crippen LogP contribution in [0.25, 0.3) is 6.08 Å². The van der Waals surface area contributed by atoms with Crippen LogP contribution in [0.4, 0.5) is 19.2 Å². The molecule has 0 radical (unpaired) electrons. The third-order valence-electron chi connectivity index (χ3n) is 9.65. The number of hydrogen-bond donors (Lipinski definition) is 14. The number of aliphatic hydroxyl groups excluding tert-OH is 3. The lowest BCUT2D eigenvalue weighted by molar-refractivity contribution is -0.228. The van der Waals surface area contributed by atoms with E-state index < -0.39 is 116 Å². The number of aliphatic imine (C=N–C) groups is 1. The number of amides is 9. The van der Waals surface area contributed by atoms with Gasteiger partial charge in [0.1, 0.15) is 54.4 Å². The van der Waals surface area contributed by atoms with Crippen molar-refractivity contribution in [3.05, 3.63) is 35.9 Å². The molecular weight excluding hydrogens is 786 g/mol. The van der Waals surface area contributed by atoms with Crippen LogP contribution >= 0.6 is 0 Å². The van der Waals surface area contributed by atoms with E-state index >= 15 is 0 Å². The molecule has 0 spiro atoms. The van der Waals surface area contributed by atoms with Gasteiger partial charge in [0.2, 0.25) is 12.2 Å². The SMILES string of the molecule is CC1OC(Oc2ccc(C=CC(=O)NCCC(=N)N)cc2)C(N=C(N)N)C(O)C1NC(=O)NC1OCC(OC2COC3NC(=O)N(C(N)=O)C3C2O)C(O)C1NC(N)=O. The van der Waals surface area contributed by atoms with Gasteiger partial charge in [-0.15, -0.1) is 0 Å². The minimum absolute atomic E-state index is 0.0449. The number of rotatable bonds is 13. The molecule has 26 nitrogen and oxygen atoms in total. The molecule has 0 aliphatic carbocycles. The van der Waals surface area contributed by atoms with E-state index in [1.165, 1.54) is 13.0 Å². The van der Waals surface area contributed by atoms with Crippen LogP contribution in [-0.2, 0) is 23.7 Å². The number of carbonyl (C=O) groups excluding carboxylic acids is 5. The summed E-state index contributed by atoms with van der Waals surface area (Å²) in [5, 5.41) is 53.2. The Morgan fingerprint density at radius 1 is 0.966 bits per heavy atom. The maximum Gasteiger partial charge on any atom is 0.328 e. The van der Waals surface area contributed by atoms with Crippen molar-refractivity contribution in [3.8, 4) is 5.75 Å². The first-order chi connectivity index (χ1) is 27.9. The summed E-state index contributed by atoms with van der Waals surface area (Å²) in [6, 6.07) is -2.74. The standard InChI is InChI=1S/C33H49N13O13/c1-12-19(25(50)21(41-29(36)37)28(57-12)58-14-5-2-13(3-6-14)4-7-18(47)40-9-8-17(34)35)43-32(53)44-26-20(42-30(38)51)23(48)15(10-55-26)59-16-11-56-27-22(24(16)49)46(31(39)52)33(54)45-27/h2-7,12,15-16,19-28,48-50H,8-11H2,1H3,(H3,34,35)(H2,39,52)(H,40,47)(H,45,54)(H4,36,37,41)(H3,38,42,51)(H2,43,44,53). The molecule has 4 aliphatic heterocycles. The summed E-state index contributed by atoms with van der Waals surface area (Å²) in [5.41, 5.74) is 27.9. The molecule has 5 rings (SSSR count). The number of primary amides is 2. The zero-order chi connectivity index (χ0) is 43.1. The average molecular weight is 836 g/mol. The summed E-state index contributed by atoms with van der Waals surface area (Å²) < 4.78 is 29.1. The molecule has 26 heteroatoms. The number of carbonyl (C=O) groups is 5. The fraction of sp³-hybridized carbons (Fsp3) is 0.545. The van der Waals surface area contributed by atoms with E-state index in [1.807, 2.05) is 0 Å². The molecule has 324 valence electrons. The molecule has 13 unspecified atom stereocenters. The molecule has 4 fully saturated rings. The molecular formula is C33H49N13O13. The Morgan fingerprint density at radius 2 is 1.64 bits per heavy atom. The number of nitrogens with two attached hydrogens (primary N) is 5. The topological polar surface area (TPSA) is 422 Å². The van der Waals surface area contributed by atoms with Crippen molar-refractivity contribution >= 4 is 47.9 Å². The van der Waals surface area contributed by atoms with E-state index in [4.69, 9.17) is 57.8 Å². The third kappa shape index (κ3) is 10.9. The van der Waals surface area contributed by atoms with Gasteiger partial charge in [-0.2, -0.15) is 0 Å². The number of nitrogens with one attached hydrogen (secondary N) is 6. The Hall–Kier alpha value is -6.03. The van der Waals surface area contributed by atoms with Crippen LogP contribution in [0, 0.1) is 5.41 Å². The predicted octanol–water partition coefficient (Wildman–Crippen LogP) is -5.37. The highest BCUT2D eigenvalue weighted by atomic mass is 16.7. The summed E-state index contributed by atoms with van der Waals surface area (Å²) in [7, 11) is 0. The van der Waals surface area contributed by atoms with Crippen molar-refractivity contribution in [2.45, 2.75) is 92.9 Å². The number of hydrogen-bond acceptors (Lipinski definition) is 15. The lowest BCUT2D eigenvalue weighted by atomic mass is 9.95. The summed E-state index contributed by atoms with van der Waals surface area (Å²) in [6.45, 7) is 1.06. The number of aliphatic hydroxyl groups is 3. The van der Waals surface area contributed by atoms with Crippen LogP contribution < -0.4 is 60.0 Å². The van der Waals surface area contributed by atoms with Crippen molar-refractivity contribution < 1.29 is 63.0 Å². The predicted molar refractivity (Wildman–Crippen MR) is 201 cm³/mol. The van der Waals surface area contributed by atoms with E-state index in [2.05, 4.69) is 31.6 Å². The lowest BCUT2D eigenvalue weighted by Gasteiger charge is -2.44. The molecule has 0 aromatic heterocycles. The zero-order valence-electron chi connectivity index (χ0n) is 31.5. The van der Waals surface area contributed by atoms with Gasteiger partial charge in [-0.25, -0.2) is 29.1 Å². The number of benzene rings is 1. The first kappa shape index (κ1) is 44.1. The number of amidine groups is 1. The van der Waals surface area contributed by atoms with Gasteiger partial charge in [0, 0.05) is 19.0 Å². The molecule has 1 aromatic carbocycles. The van der Waals surface area contributed by atoms with Crippen molar-refractivity contribution in [3.63, 3.8) is 0 Å². The lowest BCUT2D eigenvalue weighted by Crippen LogP contribution is -2.69. The van der Waals surface area contributed by atoms with Gasteiger partial charge < -0.3 is 94.3 Å². The maximum absolute atomic E-state index is 13.4. The van der Waals surface area contributed by atoms with E-state index in [-0.39, 0.29) is 37.1 Å². The van der Waals surface area contributed by atoms with E-state index in [0.717, 1.165) is 0 Å². The van der Waals surface area contributed by atoms with E-state index in [1.54, 1.807) is 30.3 Å². The first-order valence-electron chi connectivity index (χ1n) is 18.2. The minimum atomic E-state index is -1.62. The smallest absolute Gasteiger partial charge is 0.328 e. The van der Waals surface area contributed by atoms with Gasteiger partial charge in [-0.3, -0.25) is 10.2 Å². The van der Waals surface area contributed by atoms with E-state index in [0.29, 0.717) is 10.5 Å². The van der Waals surface area contributed by atoms with Crippen LogP contribution in [0.3, 0.4) is 0 Å². The Balaban J connectivity index is 1.19. The first-order valence-corrected chi connectivity index (χ1v) is 18.2. The number of imide groups is 1. The Morgan fingerprint density at radius 3 is 2.29 bits per heavy atom. The summed E-state index contributed by atoms with van der Waals surface area (Å²) in [4.78, 5) is 66.1. The molecule has 13 atom stereocenters. The van der Waals surface area contributed by atoms with Gasteiger partial charge >= 0.3 is 24.1 Å². The zero-order valence-corrected chi connectivity index (χ0v) is 31.5. The van der Waals surface area contributed by atoms with Crippen LogP contribution in [0.5, 0.6) is 5.75 Å². The monoisotopic (exact) mass is 835 g/mol. The second-order valence-electron chi connectivity index (χ2n) is 13.9. The van der Waals surface area contributed by atoms with Crippen molar-refractivity contribution in [1.82, 2.24) is 31.5 Å². The molecule has 19 N–H and O–H groups in total. The average Bonchev–Trinajstić information content (AvgIpc) is 3.51. The molecule has 1 aromatic rings. The summed E-state index contributed by atoms with van der Waals surface area (Å²) in [6.07, 6.45) is -8.72. The van der Waals surface area contributed by atoms with Gasteiger partial charge in [-0.1, -0.05) is 12.1 Å². The number of guanidine groups is 1. The fourth-order valence-electron chi connectivity index (χ4n) is 6.82. The van der Waals surface area contributed by atoms with Crippen molar-refractivity contribution in [1.29, 1.82) is 5.41 Å². The number of urea groups is 4. The van der Waals surface area contributed by atoms with Crippen LogP contribution in [-0.4, -0.2) is 161 Å². The highest BCUT2D eigenvalue weighted by Gasteiger charge is 2.54. The van der Waals surface area contributed by atoms with Gasteiger partial charge in [0.25, 0.3) is 0 Å². The Kier molecular flexibility index (Phi) is 14.3. The molecule has 0 bridgehead atoms. The molecule has 9 amide bonds. The van der Waals surface area contributed by atoms with Crippen LogP contribution in [0.2, 0.25) is 0 Å². The molecule has 4 heterocycles. The Bertz CT molecular complexity index is 1780. The molecule has 0 saturated carbocycles. The van der Waals surface area contributed by atoms with Crippen molar-refractivity contribution in [2.75, 3.05) is 19.8 Å². The normalized spacial score (nSPS) is 32.8. The van der Waals surface area contributed by atoms with Gasteiger partial charge in [-0.05, 0) is 30.7 Å². The summed E-state index contributed by atoms with van der Waals surface area (Å²) >= 11 is 0. The number of nitrogens with zero attached hydrogens (tertiary/aromatic N) is 2. The largest absolute Gasteiger partial charge is 0.462 e. The number of ether oxygens (including phenoxy) is 5.